The topological polar surface area (TPSA) is 48.0 Å². The standard InChI is InChI=1S/C7H13N2O.H2O/c1-8-3-4-9(7-8)5-6-10-2;/h3-4,7H,5-6H2,1-2H3;1H2/q+1;/p-1. The van der Waals surface area contributed by atoms with Crippen LogP contribution in [0.5, 0.6) is 0 Å². The predicted molar refractivity (Wildman–Crippen MR) is 39.4 cm³/mol. The van der Waals surface area contributed by atoms with Crippen molar-refractivity contribution in [1.29, 1.82) is 0 Å². The van der Waals surface area contributed by atoms with Crippen LogP contribution in [0.25, 0.3) is 0 Å². The average molecular weight is 158 g/mol. The number of rotatable bonds is 3. The van der Waals surface area contributed by atoms with E-state index in [9.17, 15) is 0 Å². The second-order valence-corrected chi connectivity index (χ2v) is 2.31. The first-order chi connectivity index (χ1) is 4.83. The van der Waals surface area contributed by atoms with Gasteiger partial charge in [0.1, 0.15) is 18.9 Å². The minimum absolute atomic E-state index is 0. The van der Waals surface area contributed by atoms with Crippen molar-refractivity contribution in [2.45, 2.75) is 6.54 Å². The molecule has 0 fully saturated rings. The number of aryl methyl sites for hydroxylation is 1. The third-order valence-electron chi connectivity index (χ3n) is 1.38. The van der Waals surface area contributed by atoms with Gasteiger partial charge in [-0.3, -0.25) is 0 Å². The summed E-state index contributed by atoms with van der Waals surface area (Å²) in [5, 5.41) is 0. The van der Waals surface area contributed by atoms with Crippen LogP contribution < -0.4 is 4.57 Å². The molecule has 0 atom stereocenters. The Morgan fingerprint density at radius 1 is 1.55 bits per heavy atom. The minimum atomic E-state index is 0. The molecule has 0 aliphatic heterocycles. The Bertz CT molecular complexity index is 198. The summed E-state index contributed by atoms with van der Waals surface area (Å²) in [6, 6.07) is 0. The smallest absolute Gasteiger partial charge is 0.243 e. The van der Waals surface area contributed by atoms with Crippen LogP contribution >= 0.6 is 0 Å². The molecule has 0 radical (unpaired) electrons. The van der Waals surface area contributed by atoms with Gasteiger partial charge in [-0.2, -0.15) is 0 Å². The van der Waals surface area contributed by atoms with Gasteiger partial charge in [0.2, 0.25) is 6.33 Å². The third-order valence-corrected chi connectivity index (χ3v) is 1.38. The van der Waals surface area contributed by atoms with Gasteiger partial charge in [-0.1, -0.05) is 0 Å². The molecule has 0 aromatic carbocycles. The van der Waals surface area contributed by atoms with E-state index < -0.39 is 0 Å². The molecule has 11 heavy (non-hydrogen) atoms. The first-order valence-electron chi connectivity index (χ1n) is 3.33. The van der Waals surface area contributed by atoms with Crippen LogP contribution in [0.15, 0.2) is 18.7 Å². The molecule has 0 unspecified atom stereocenters. The third kappa shape index (κ3) is 3.15. The summed E-state index contributed by atoms with van der Waals surface area (Å²) in [6.45, 7) is 1.70. The number of nitrogens with zero attached hydrogens (tertiary/aromatic N) is 2. The fourth-order valence-corrected chi connectivity index (χ4v) is 0.831. The predicted octanol–water partition coefficient (Wildman–Crippen LogP) is -0.218. The monoisotopic (exact) mass is 158 g/mol. The fraction of sp³-hybridized carbons (Fsp3) is 0.571. The molecule has 0 spiro atoms. The summed E-state index contributed by atoms with van der Waals surface area (Å²) in [4.78, 5) is 0. The molecule has 0 aliphatic carbocycles. The normalized spacial score (nSPS) is 9.27. The molecule has 4 heteroatoms. The highest BCUT2D eigenvalue weighted by atomic mass is 16.5. The SMILES string of the molecule is COCCn1cc[n+](C)c1.[OH-]. The van der Waals surface area contributed by atoms with Crippen LogP contribution in [0, 0.1) is 0 Å². The minimum Gasteiger partial charge on any atom is -0.870 e. The van der Waals surface area contributed by atoms with Gasteiger partial charge in [-0.15, -0.1) is 0 Å². The summed E-state index contributed by atoms with van der Waals surface area (Å²) in [5.74, 6) is 0. The van der Waals surface area contributed by atoms with Crippen LogP contribution in [-0.2, 0) is 18.3 Å². The van der Waals surface area contributed by atoms with Gasteiger partial charge < -0.3 is 10.2 Å². The van der Waals surface area contributed by atoms with Gasteiger partial charge in [0.05, 0.1) is 13.7 Å². The van der Waals surface area contributed by atoms with Gasteiger partial charge in [-0.25, -0.2) is 9.13 Å². The average Bonchev–Trinajstić information content (AvgIpc) is 2.31. The quantitative estimate of drug-likeness (QED) is 0.571. The number of hydrogen-bond donors (Lipinski definition) is 0. The lowest BCUT2D eigenvalue weighted by atomic mass is 10.7. The van der Waals surface area contributed by atoms with E-state index in [4.69, 9.17) is 4.74 Å². The molecule has 1 N–H and O–H groups in total. The molecule has 0 amide bonds. The molecule has 64 valence electrons. The highest BCUT2D eigenvalue weighted by Crippen LogP contribution is 1.82. The summed E-state index contributed by atoms with van der Waals surface area (Å²) in [7, 11) is 3.72. The maximum Gasteiger partial charge on any atom is 0.243 e. The molecule has 1 aromatic heterocycles. The van der Waals surface area contributed by atoms with Crippen molar-refractivity contribution in [3.05, 3.63) is 18.7 Å². The van der Waals surface area contributed by atoms with Crippen LogP contribution in [0.3, 0.4) is 0 Å². The maximum absolute atomic E-state index is 4.92. The van der Waals surface area contributed by atoms with Gasteiger partial charge in [0.15, 0.2) is 0 Å². The lowest BCUT2D eigenvalue weighted by molar-refractivity contribution is -0.671. The molecule has 0 aliphatic rings. The Balaban J connectivity index is 0.000001000. The van der Waals surface area contributed by atoms with Gasteiger partial charge in [0, 0.05) is 7.11 Å². The Morgan fingerprint density at radius 2 is 2.27 bits per heavy atom. The molecule has 1 heterocycles. The lowest BCUT2D eigenvalue weighted by Crippen LogP contribution is -2.24. The van der Waals surface area contributed by atoms with Crippen LogP contribution in [0.1, 0.15) is 0 Å². The maximum atomic E-state index is 4.92. The fourth-order valence-electron chi connectivity index (χ4n) is 0.831. The highest BCUT2D eigenvalue weighted by molar-refractivity contribution is 4.64. The van der Waals surface area contributed by atoms with Crippen molar-refractivity contribution in [3.8, 4) is 0 Å². The number of ether oxygens (including phenoxy) is 1. The molecule has 0 saturated carbocycles. The second-order valence-electron chi connectivity index (χ2n) is 2.31. The van der Waals surface area contributed by atoms with E-state index in [1.807, 2.05) is 30.3 Å². The number of methoxy groups -OCH3 is 1. The zero-order chi connectivity index (χ0) is 7.40. The van der Waals surface area contributed by atoms with Crippen molar-refractivity contribution >= 4 is 0 Å². The second kappa shape index (κ2) is 4.87. The zero-order valence-corrected chi connectivity index (χ0v) is 6.90. The molecule has 1 rings (SSSR count). The molecule has 0 bridgehead atoms. The lowest BCUT2D eigenvalue weighted by Gasteiger charge is -1.92. The molecular weight excluding hydrogens is 144 g/mol. The van der Waals surface area contributed by atoms with E-state index in [-0.39, 0.29) is 5.48 Å². The van der Waals surface area contributed by atoms with E-state index in [0.717, 1.165) is 13.2 Å². The summed E-state index contributed by atoms with van der Waals surface area (Å²) in [5.41, 5.74) is 0. The zero-order valence-electron chi connectivity index (χ0n) is 6.90. The summed E-state index contributed by atoms with van der Waals surface area (Å²) >= 11 is 0. The van der Waals surface area contributed by atoms with E-state index in [1.165, 1.54) is 0 Å². The summed E-state index contributed by atoms with van der Waals surface area (Å²) in [6.07, 6.45) is 6.06. The Hall–Kier alpha value is -0.870. The number of hydrogen-bond acceptors (Lipinski definition) is 2. The Kier molecular flexibility index (Phi) is 4.49. The van der Waals surface area contributed by atoms with Crippen molar-refractivity contribution in [3.63, 3.8) is 0 Å². The molecule has 4 nitrogen and oxygen atoms in total. The van der Waals surface area contributed by atoms with Crippen molar-refractivity contribution in [1.82, 2.24) is 4.57 Å². The van der Waals surface area contributed by atoms with Gasteiger partial charge in [-0.05, 0) is 0 Å². The van der Waals surface area contributed by atoms with Crippen molar-refractivity contribution < 1.29 is 14.8 Å². The van der Waals surface area contributed by atoms with E-state index in [2.05, 4.69) is 4.57 Å². The van der Waals surface area contributed by atoms with Crippen molar-refractivity contribution in [2.75, 3.05) is 13.7 Å². The number of aromatic nitrogens is 2. The van der Waals surface area contributed by atoms with Crippen LogP contribution in [0.2, 0.25) is 0 Å². The van der Waals surface area contributed by atoms with E-state index in [0.29, 0.717) is 0 Å². The largest absolute Gasteiger partial charge is 0.870 e. The molecule has 1 aromatic rings. The van der Waals surface area contributed by atoms with Crippen molar-refractivity contribution in [2.24, 2.45) is 7.05 Å². The highest BCUT2D eigenvalue weighted by Gasteiger charge is 1.96. The van der Waals surface area contributed by atoms with Crippen LogP contribution in [0.4, 0.5) is 0 Å². The first-order valence-corrected chi connectivity index (χ1v) is 3.33. The molecular formula is C7H14N2O2. The molecule has 0 saturated heterocycles. The Morgan fingerprint density at radius 3 is 2.73 bits per heavy atom. The summed E-state index contributed by atoms with van der Waals surface area (Å²) < 4.78 is 9.02. The Labute approximate surface area is 66.3 Å². The van der Waals surface area contributed by atoms with Gasteiger partial charge in [0.25, 0.3) is 0 Å². The number of imidazole rings is 1. The van der Waals surface area contributed by atoms with E-state index in [1.54, 1.807) is 7.11 Å². The van der Waals surface area contributed by atoms with E-state index >= 15 is 0 Å². The van der Waals surface area contributed by atoms with Crippen LogP contribution in [-0.4, -0.2) is 23.8 Å². The van der Waals surface area contributed by atoms with Gasteiger partial charge >= 0.3 is 0 Å². The first kappa shape index (κ1) is 10.1.